The highest BCUT2D eigenvalue weighted by atomic mass is 16.4. The molecule has 1 heterocycles. The molecule has 0 bridgehead atoms. The first kappa shape index (κ1) is 13.2. The minimum Gasteiger partial charge on any atom is -0.408 e. The third kappa shape index (κ3) is 2.45. The number of oxazole rings is 1. The second-order valence-electron chi connectivity index (χ2n) is 4.93. The predicted octanol–water partition coefficient (Wildman–Crippen LogP) is 2.69. The van der Waals surface area contributed by atoms with Gasteiger partial charge in [0.2, 0.25) is 0 Å². The van der Waals surface area contributed by atoms with Crippen molar-refractivity contribution in [3.8, 4) is 0 Å². The van der Waals surface area contributed by atoms with Gasteiger partial charge in [0.1, 0.15) is 0 Å². The molecule has 0 atom stereocenters. The molecule has 5 nitrogen and oxygen atoms in total. The van der Waals surface area contributed by atoms with Gasteiger partial charge in [-0.15, -0.1) is 0 Å². The van der Waals surface area contributed by atoms with Gasteiger partial charge in [-0.25, -0.2) is 4.79 Å². The molecular weight excluding hydrogens is 268 g/mol. The van der Waals surface area contributed by atoms with E-state index < -0.39 is 5.76 Å². The van der Waals surface area contributed by atoms with Crippen molar-refractivity contribution in [3.63, 3.8) is 0 Å². The lowest BCUT2D eigenvalue weighted by Gasteiger charge is -2.05. The number of rotatable bonds is 2. The number of benzene rings is 2. The molecule has 2 aromatic carbocycles. The van der Waals surface area contributed by atoms with E-state index in [4.69, 9.17) is 4.42 Å². The van der Waals surface area contributed by atoms with E-state index in [1.165, 1.54) is 4.57 Å². The highest BCUT2D eigenvalue weighted by Crippen LogP contribution is 2.16. The maximum absolute atomic E-state index is 12.2. The first-order chi connectivity index (χ1) is 10.0. The Morgan fingerprint density at radius 1 is 1.14 bits per heavy atom. The lowest BCUT2D eigenvalue weighted by Crippen LogP contribution is -2.11. The minimum absolute atomic E-state index is 0.243. The highest BCUT2D eigenvalue weighted by Gasteiger charge is 2.11. The van der Waals surface area contributed by atoms with Gasteiger partial charge >= 0.3 is 5.76 Å². The van der Waals surface area contributed by atoms with Gasteiger partial charge in [-0.2, -0.15) is 0 Å². The van der Waals surface area contributed by atoms with Crippen LogP contribution in [0.3, 0.4) is 0 Å². The zero-order valence-corrected chi connectivity index (χ0v) is 11.7. The average Bonchev–Trinajstić information content (AvgIpc) is 2.76. The van der Waals surface area contributed by atoms with Crippen LogP contribution in [0.4, 0.5) is 5.69 Å². The summed E-state index contributed by atoms with van der Waals surface area (Å²) in [5.41, 5.74) is 3.35. The van der Waals surface area contributed by atoms with Crippen LogP contribution in [0.5, 0.6) is 0 Å². The fourth-order valence-electron chi connectivity index (χ4n) is 2.12. The topological polar surface area (TPSA) is 64.2 Å². The lowest BCUT2D eigenvalue weighted by molar-refractivity contribution is 0.102. The van der Waals surface area contributed by atoms with Gasteiger partial charge in [-0.05, 0) is 37.3 Å². The number of anilines is 1. The summed E-state index contributed by atoms with van der Waals surface area (Å²) < 4.78 is 6.48. The van der Waals surface area contributed by atoms with Crippen LogP contribution < -0.4 is 11.1 Å². The quantitative estimate of drug-likeness (QED) is 0.786. The predicted molar refractivity (Wildman–Crippen MR) is 80.6 cm³/mol. The van der Waals surface area contributed by atoms with Crippen molar-refractivity contribution in [2.24, 2.45) is 7.05 Å². The first-order valence-corrected chi connectivity index (χ1v) is 6.52. The lowest BCUT2D eigenvalue weighted by atomic mass is 10.1. The SMILES string of the molecule is Cc1ccc(NC(=O)c2ccc3c(c2)oc(=O)n3C)cc1. The van der Waals surface area contributed by atoms with E-state index in [0.717, 1.165) is 11.3 Å². The number of amides is 1. The molecular formula is C16H14N2O3. The van der Waals surface area contributed by atoms with Crippen molar-refractivity contribution in [3.05, 3.63) is 64.1 Å². The van der Waals surface area contributed by atoms with Crippen molar-refractivity contribution in [1.29, 1.82) is 0 Å². The maximum atomic E-state index is 12.2. The molecule has 21 heavy (non-hydrogen) atoms. The minimum atomic E-state index is -0.443. The van der Waals surface area contributed by atoms with Gasteiger partial charge in [0.15, 0.2) is 5.58 Å². The molecule has 0 spiro atoms. The fraction of sp³-hybridized carbons (Fsp3) is 0.125. The van der Waals surface area contributed by atoms with Crippen LogP contribution in [0.1, 0.15) is 15.9 Å². The number of nitrogens with one attached hydrogen (secondary N) is 1. The number of aryl methyl sites for hydroxylation is 2. The number of carbonyl (C=O) groups excluding carboxylic acids is 1. The van der Waals surface area contributed by atoms with Crippen LogP contribution in [0.25, 0.3) is 11.1 Å². The molecule has 0 unspecified atom stereocenters. The van der Waals surface area contributed by atoms with Crippen LogP contribution in [0, 0.1) is 6.92 Å². The van der Waals surface area contributed by atoms with Gasteiger partial charge in [0.25, 0.3) is 5.91 Å². The summed E-state index contributed by atoms with van der Waals surface area (Å²) in [5.74, 6) is -0.687. The van der Waals surface area contributed by atoms with Crippen molar-refractivity contribution >= 4 is 22.7 Å². The Morgan fingerprint density at radius 2 is 1.86 bits per heavy atom. The monoisotopic (exact) mass is 282 g/mol. The van der Waals surface area contributed by atoms with E-state index in [-0.39, 0.29) is 5.91 Å². The molecule has 5 heteroatoms. The molecule has 3 aromatic rings. The average molecular weight is 282 g/mol. The summed E-state index contributed by atoms with van der Waals surface area (Å²) >= 11 is 0. The van der Waals surface area contributed by atoms with E-state index in [9.17, 15) is 9.59 Å². The molecule has 0 saturated heterocycles. The number of hydrogen-bond acceptors (Lipinski definition) is 3. The summed E-state index contributed by atoms with van der Waals surface area (Å²) in [7, 11) is 1.63. The van der Waals surface area contributed by atoms with E-state index in [0.29, 0.717) is 16.7 Å². The van der Waals surface area contributed by atoms with Crippen LogP contribution in [-0.4, -0.2) is 10.5 Å². The molecule has 0 fully saturated rings. The second kappa shape index (κ2) is 4.94. The maximum Gasteiger partial charge on any atom is 0.419 e. The van der Waals surface area contributed by atoms with Crippen molar-refractivity contribution < 1.29 is 9.21 Å². The Balaban J connectivity index is 1.91. The zero-order chi connectivity index (χ0) is 15.0. The molecule has 0 aliphatic heterocycles. The molecule has 0 aliphatic carbocycles. The number of aromatic nitrogens is 1. The number of carbonyl (C=O) groups is 1. The third-order valence-electron chi connectivity index (χ3n) is 3.36. The molecule has 1 amide bonds. The van der Waals surface area contributed by atoms with E-state index >= 15 is 0 Å². The summed E-state index contributed by atoms with van der Waals surface area (Å²) in [6.45, 7) is 1.98. The Hall–Kier alpha value is -2.82. The van der Waals surface area contributed by atoms with Crippen molar-refractivity contribution in [2.75, 3.05) is 5.32 Å². The van der Waals surface area contributed by atoms with Crippen LogP contribution in [0.15, 0.2) is 51.7 Å². The normalized spacial score (nSPS) is 10.8. The first-order valence-electron chi connectivity index (χ1n) is 6.52. The molecule has 106 valence electrons. The zero-order valence-electron chi connectivity index (χ0n) is 11.7. The van der Waals surface area contributed by atoms with Gasteiger partial charge < -0.3 is 9.73 Å². The molecule has 3 rings (SSSR count). The number of nitrogens with zero attached hydrogens (tertiary/aromatic N) is 1. The Morgan fingerprint density at radius 3 is 2.57 bits per heavy atom. The van der Waals surface area contributed by atoms with Crippen molar-refractivity contribution in [1.82, 2.24) is 4.57 Å². The second-order valence-corrected chi connectivity index (χ2v) is 4.93. The highest BCUT2D eigenvalue weighted by molar-refractivity contribution is 6.05. The Kier molecular flexibility index (Phi) is 3.10. The molecule has 0 saturated carbocycles. The molecule has 1 aromatic heterocycles. The largest absolute Gasteiger partial charge is 0.419 e. The fourth-order valence-corrected chi connectivity index (χ4v) is 2.12. The van der Waals surface area contributed by atoms with Gasteiger partial charge in [0, 0.05) is 18.3 Å². The standard InChI is InChI=1S/C16H14N2O3/c1-10-3-6-12(7-4-10)17-15(19)11-5-8-13-14(9-11)21-16(20)18(13)2/h3-9H,1-2H3,(H,17,19). The number of fused-ring (bicyclic) bond motifs is 1. The van der Waals surface area contributed by atoms with Gasteiger partial charge in [0.05, 0.1) is 5.52 Å². The van der Waals surface area contributed by atoms with Crippen LogP contribution >= 0.6 is 0 Å². The van der Waals surface area contributed by atoms with Gasteiger partial charge in [-0.3, -0.25) is 9.36 Å². The van der Waals surface area contributed by atoms with Crippen molar-refractivity contribution in [2.45, 2.75) is 6.92 Å². The molecule has 0 aliphatic rings. The van der Waals surface area contributed by atoms with E-state index in [1.54, 1.807) is 25.2 Å². The Labute approximate surface area is 120 Å². The third-order valence-corrected chi connectivity index (χ3v) is 3.36. The summed E-state index contributed by atoms with van der Waals surface area (Å²) in [6.07, 6.45) is 0. The van der Waals surface area contributed by atoms with E-state index in [1.807, 2.05) is 31.2 Å². The Bertz CT molecular complexity index is 873. The molecule has 1 N–H and O–H groups in total. The van der Waals surface area contributed by atoms with Gasteiger partial charge in [-0.1, -0.05) is 17.7 Å². The molecule has 0 radical (unpaired) electrons. The van der Waals surface area contributed by atoms with E-state index in [2.05, 4.69) is 5.32 Å². The summed E-state index contributed by atoms with van der Waals surface area (Å²) in [4.78, 5) is 23.6. The van der Waals surface area contributed by atoms with Crippen LogP contribution in [-0.2, 0) is 7.05 Å². The summed E-state index contributed by atoms with van der Waals surface area (Å²) in [6, 6.07) is 12.5. The summed E-state index contributed by atoms with van der Waals surface area (Å²) in [5, 5.41) is 2.81. The van der Waals surface area contributed by atoms with Crippen LogP contribution in [0.2, 0.25) is 0 Å². The number of hydrogen-bond donors (Lipinski definition) is 1. The smallest absolute Gasteiger partial charge is 0.408 e.